The van der Waals surface area contributed by atoms with Crippen molar-refractivity contribution >= 4 is 107 Å². The zero-order valence-corrected chi connectivity index (χ0v) is 53.2. The van der Waals surface area contributed by atoms with E-state index < -0.39 is 256 Å². The van der Waals surface area contributed by atoms with Crippen LogP contribution in [0, 0.1) is 5.92 Å². The van der Waals surface area contributed by atoms with E-state index in [9.17, 15) is 122 Å². The first-order chi connectivity index (χ1) is 45.1. The molecule has 0 radical (unpaired) electrons. The summed E-state index contributed by atoms with van der Waals surface area (Å²) in [5.41, 5.74) is 11.5. The number of amides is 11. The molecule has 0 aromatic carbocycles. The number of hydrogen-bond acceptors (Lipinski definition) is 21. The Morgan fingerprint density at radius 3 is 1.20 bits per heavy atom. The molecule has 2 aliphatic heterocycles. The molecule has 11 amide bonds. The van der Waals surface area contributed by atoms with Gasteiger partial charge in [0.25, 0.3) is 0 Å². The molecule has 39 nitrogen and oxygen atoms in total. The molecule has 2 fully saturated rings. The summed E-state index contributed by atoms with van der Waals surface area (Å²) in [5, 5.41) is 97.1. The Hall–Kier alpha value is -9.66. The first-order valence-electron chi connectivity index (χ1n) is 31.0. The van der Waals surface area contributed by atoms with Gasteiger partial charge in [0.2, 0.25) is 65.0 Å². The van der Waals surface area contributed by atoms with Crippen LogP contribution < -0.4 is 59.3 Å². The number of nitrogens with two attached hydrogens (primary N) is 2. The van der Waals surface area contributed by atoms with Crippen LogP contribution in [0.1, 0.15) is 143 Å². The minimum atomic E-state index is -2.11. The molecule has 13 atom stereocenters. The number of carbonyl (C=O) groups excluding carboxylic acids is 11. The third kappa shape index (κ3) is 28.1. The maximum Gasteiger partial charge on any atom is 0.326 e. The van der Waals surface area contributed by atoms with Crippen LogP contribution >= 0.6 is 0 Å². The number of hydrogen-bond donors (Lipinski definition) is 19. The highest BCUT2D eigenvalue weighted by molar-refractivity contribution is 6.00. The maximum absolute atomic E-state index is 14.5. The molecule has 2 heterocycles. The van der Waals surface area contributed by atoms with Crippen LogP contribution in [0.5, 0.6) is 0 Å². The van der Waals surface area contributed by atoms with Gasteiger partial charge in [0, 0.05) is 45.2 Å². The van der Waals surface area contributed by atoms with Crippen LogP contribution in [0.3, 0.4) is 0 Å². The molecule has 39 heteroatoms. The van der Waals surface area contributed by atoms with E-state index in [1.807, 2.05) is 5.32 Å². The Morgan fingerprint density at radius 1 is 0.427 bits per heavy atom. The van der Waals surface area contributed by atoms with Crippen LogP contribution in [0.4, 0.5) is 0 Å². The molecule has 96 heavy (non-hydrogen) atoms. The van der Waals surface area contributed by atoms with E-state index in [0.717, 1.165) is 9.80 Å². The van der Waals surface area contributed by atoms with Crippen molar-refractivity contribution < 1.29 is 127 Å². The molecular formula is C57H89N13O26. The van der Waals surface area contributed by atoms with Gasteiger partial charge in [-0.05, 0) is 96.4 Å². The molecule has 0 spiro atoms. The Morgan fingerprint density at radius 2 is 0.792 bits per heavy atom. The van der Waals surface area contributed by atoms with Crippen LogP contribution in [0.2, 0.25) is 0 Å². The van der Waals surface area contributed by atoms with Crippen molar-refractivity contribution in [2.75, 3.05) is 26.2 Å². The highest BCUT2D eigenvalue weighted by Crippen LogP contribution is 2.23. The fourth-order valence-electron chi connectivity index (χ4n) is 10.1. The predicted octanol–water partition coefficient (Wildman–Crippen LogP) is -6.27. The van der Waals surface area contributed by atoms with E-state index in [4.69, 9.17) is 16.6 Å². The molecule has 2 rings (SSSR count). The highest BCUT2D eigenvalue weighted by atomic mass is 16.4. The Kier molecular flexibility index (Phi) is 35.4. The number of carboxylic acids is 7. The van der Waals surface area contributed by atoms with Gasteiger partial charge in [0.15, 0.2) is 0 Å². The monoisotopic (exact) mass is 1370 g/mol. The van der Waals surface area contributed by atoms with E-state index >= 15 is 0 Å². The quantitative estimate of drug-likeness (QED) is 0.0252. The van der Waals surface area contributed by atoms with Gasteiger partial charge >= 0.3 is 41.8 Å². The predicted molar refractivity (Wildman–Crippen MR) is 324 cm³/mol. The Bertz CT molecular complexity index is 2840. The number of aliphatic carboxylic acids is 7. The molecule has 0 unspecified atom stereocenters. The summed E-state index contributed by atoms with van der Waals surface area (Å²) in [7, 11) is 0. The normalized spacial score (nSPS) is 17.6. The van der Waals surface area contributed by atoms with Crippen molar-refractivity contribution in [3.8, 4) is 0 Å². The molecule has 0 saturated carbocycles. The van der Waals surface area contributed by atoms with Crippen LogP contribution in [0.25, 0.3) is 0 Å². The van der Waals surface area contributed by atoms with Gasteiger partial charge in [0.05, 0.1) is 19.1 Å². The zero-order chi connectivity index (χ0) is 72.7. The van der Waals surface area contributed by atoms with Crippen molar-refractivity contribution in [3.63, 3.8) is 0 Å². The molecule has 0 bridgehead atoms. The lowest BCUT2D eigenvalue weighted by atomic mass is 9.99. The lowest BCUT2D eigenvalue weighted by Crippen LogP contribution is -2.61. The van der Waals surface area contributed by atoms with Crippen molar-refractivity contribution in [1.29, 1.82) is 0 Å². The molecule has 0 aromatic heterocycles. The number of aliphatic hydroxyl groups excluding tert-OH is 1. The largest absolute Gasteiger partial charge is 0.481 e. The molecule has 21 N–H and O–H groups in total. The summed E-state index contributed by atoms with van der Waals surface area (Å²) in [4.78, 5) is 235. The number of unbranched alkanes of at least 4 members (excludes halogenated alkanes) is 1. The van der Waals surface area contributed by atoms with Crippen LogP contribution in [-0.2, 0) is 86.3 Å². The van der Waals surface area contributed by atoms with Gasteiger partial charge in [-0.3, -0.25) is 81.5 Å². The SMILES string of the molecule is CC[C@H](C)[C@H](NC(=O)[C@H](C)NC(=O)[C@H](CCC(=O)O)NC(=O)[C@H](CCCCN)NC(=O)[C@@H]1CCCN1C(=O)[C@H](CCC(=O)O)NC(=O)[C@H](CCC(=O)O)NC(=O)[C@H](CCC(=O)O)NC(=O)[C@H](CO)NC(=O)[C@H](CC(=O)O)NC(=O)[C@@H]1CCCN1C(=O)[C@@H](N)CCC(=O)O)C(=O)O. The van der Waals surface area contributed by atoms with Crippen molar-refractivity contribution in [2.24, 2.45) is 17.4 Å². The van der Waals surface area contributed by atoms with Gasteiger partial charge in [-0.1, -0.05) is 20.3 Å². The van der Waals surface area contributed by atoms with Gasteiger partial charge < -0.3 is 110 Å². The van der Waals surface area contributed by atoms with Gasteiger partial charge in [-0.15, -0.1) is 0 Å². The summed E-state index contributed by atoms with van der Waals surface area (Å²) in [6.07, 6.45) is -7.22. The fraction of sp³-hybridized carbons (Fsp3) is 0.684. The minimum Gasteiger partial charge on any atom is -0.481 e. The summed E-state index contributed by atoms with van der Waals surface area (Å²) >= 11 is 0. The first kappa shape index (κ1) is 82.4. The Balaban J connectivity index is 2.43. The van der Waals surface area contributed by atoms with E-state index in [0.29, 0.717) is 12.8 Å². The highest BCUT2D eigenvalue weighted by Gasteiger charge is 2.42. The number of nitrogens with one attached hydrogen (secondary N) is 9. The number of aliphatic hydroxyl groups is 1. The van der Waals surface area contributed by atoms with E-state index in [1.165, 1.54) is 6.92 Å². The van der Waals surface area contributed by atoms with Gasteiger partial charge in [-0.2, -0.15) is 0 Å². The molecule has 0 aliphatic carbocycles. The second-order valence-electron chi connectivity index (χ2n) is 23.1. The van der Waals surface area contributed by atoms with E-state index in [-0.39, 0.29) is 64.6 Å². The van der Waals surface area contributed by atoms with Gasteiger partial charge in [-0.25, -0.2) is 4.79 Å². The Labute approximate surface area is 549 Å². The molecular weight excluding hydrogens is 1280 g/mol. The summed E-state index contributed by atoms with van der Waals surface area (Å²) in [5.74, 6) is -23.4. The molecule has 2 saturated heterocycles. The standard InChI is InChI=1S/C57H89N13O26/c1-4-27(2)45(57(95)96)68-46(84)28(3)60-47(85)31(13-18-40(74)75)61-48(86)30(9-5-6-22-58)64-53(91)38-11-8-24-70(38)56(94)34(16-21-43(80)81)65-50(88)33(15-20-42(78)79)62-49(87)32(14-19-41(76)77)63-52(90)36(26-71)67-51(89)35(25-44(82)83)66-54(92)37-10-7-23-69(37)55(93)29(59)12-17-39(72)73/h27-38,45,71H,4-26,58-59H2,1-3H3,(H,60,85)(H,61,86)(H,62,87)(H,63,90)(H,64,91)(H,65,88)(H,66,92)(H,67,89)(H,68,84)(H,72,73)(H,74,75)(H,76,77)(H,78,79)(H,80,81)(H,82,83)(H,95,96)/t27-,28-,29-,30-,31-,32-,33-,34-,35-,36-,37-,38-,45-/m0/s1. The summed E-state index contributed by atoms with van der Waals surface area (Å²) in [6, 6.07) is -20.1. The number of rotatable bonds is 45. The first-order valence-corrected chi connectivity index (χ1v) is 31.0. The number of nitrogens with zero attached hydrogens (tertiary/aromatic N) is 2. The summed E-state index contributed by atoms with van der Waals surface area (Å²) < 4.78 is 0. The third-order valence-corrected chi connectivity index (χ3v) is 15.7. The lowest BCUT2D eigenvalue weighted by Gasteiger charge is -2.31. The minimum absolute atomic E-state index is 0.000714. The number of carboxylic acid groups (broad SMARTS) is 7. The molecule has 2 aliphatic rings. The van der Waals surface area contributed by atoms with E-state index in [1.54, 1.807) is 13.8 Å². The zero-order valence-electron chi connectivity index (χ0n) is 53.2. The van der Waals surface area contributed by atoms with Gasteiger partial charge in [0.1, 0.15) is 66.5 Å². The van der Waals surface area contributed by atoms with Crippen molar-refractivity contribution in [1.82, 2.24) is 57.7 Å². The number of likely N-dealkylation sites (tertiary alicyclic amines) is 2. The lowest BCUT2D eigenvalue weighted by molar-refractivity contribution is -0.144. The smallest absolute Gasteiger partial charge is 0.326 e. The molecule has 0 aromatic rings. The van der Waals surface area contributed by atoms with Crippen molar-refractivity contribution in [3.05, 3.63) is 0 Å². The van der Waals surface area contributed by atoms with Crippen LogP contribution in [0.15, 0.2) is 0 Å². The average Bonchev–Trinajstić information content (AvgIpc) is 1.67. The van der Waals surface area contributed by atoms with Crippen LogP contribution in [-0.4, -0.2) is 256 Å². The van der Waals surface area contributed by atoms with Crippen molar-refractivity contribution in [2.45, 2.75) is 215 Å². The van der Waals surface area contributed by atoms with E-state index in [2.05, 4.69) is 42.5 Å². The second kappa shape index (κ2) is 41.2. The second-order valence-corrected chi connectivity index (χ2v) is 23.1. The average molecular weight is 1370 g/mol. The third-order valence-electron chi connectivity index (χ3n) is 15.7. The maximum atomic E-state index is 14.5. The number of carbonyl (C=O) groups is 18. The topological polar surface area (TPSA) is 636 Å². The molecule has 538 valence electrons. The fourth-order valence-corrected chi connectivity index (χ4v) is 10.1. The summed E-state index contributed by atoms with van der Waals surface area (Å²) in [6.45, 7) is 3.03.